The summed E-state index contributed by atoms with van der Waals surface area (Å²) in [5.74, 6) is -1.96. The predicted molar refractivity (Wildman–Crippen MR) is 89.5 cm³/mol. The summed E-state index contributed by atoms with van der Waals surface area (Å²) in [6.07, 6.45) is 7.82. The fourth-order valence-electron chi connectivity index (χ4n) is 5.02. The van der Waals surface area contributed by atoms with Crippen LogP contribution in [-0.2, 0) is 14.2 Å². The molecule has 1 N–H and O–H groups in total. The van der Waals surface area contributed by atoms with Crippen LogP contribution in [0.2, 0.25) is 0 Å². The van der Waals surface area contributed by atoms with Gasteiger partial charge in [-0.25, -0.2) is 9.59 Å². The summed E-state index contributed by atoms with van der Waals surface area (Å²) >= 11 is 0. The van der Waals surface area contributed by atoms with Crippen molar-refractivity contribution in [2.45, 2.75) is 11.9 Å². The summed E-state index contributed by atoms with van der Waals surface area (Å²) < 4.78 is 17.7. The highest BCUT2D eigenvalue weighted by molar-refractivity contribution is 6.02. The SMILES string of the molecule is O=C(O)c1ccccc1C(=O)O[C@@H]1C=C[C@H]2[C@H]1[C@H]1C=C[C@H]2C12OCCO2. The number of fused-ring (bicyclic) bond motifs is 3. The van der Waals surface area contributed by atoms with Gasteiger partial charge in [-0.2, -0.15) is 0 Å². The van der Waals surface area contributed by atoms with Crippen LogP contribution in [0.15, 0.2) is 48.6 Å². The number of allylic oxidation sites excluding steroid dienone is 1. The standard InChI is InChI=1S/C20H18O6/c21-18(22)11-3-1-2-4-12(11)19(23)26-16-8-5-13-14-6-7-15(17(13)16)20(14)24-9-10-25-20/h1-8,13-17H,9-10H2,(H,21,22)/t13-,14-,15-,16-,17+/m1/s1. The van der Waals surface area contributed by atoms with Crippen molar-refractivity contribution in [3.05, 3.63) is 59.7 Å². The van der Waals surface area contributed by atoms with Gasteiger partial charge in [0.25, 0.3) is 0 Å². The number of carboxylic acids is 1. The lowest BCUT2D eigenvalue weighted by atomic mass is 9.84. The van der Waals surface area contributed by atoms with Gasteiger partial charge in [0.2, 0.25) is 0 Å². The van der Waals surface area contributed by atoms with E-state index in [4.69, 9.17) is 14.2 Å². The molecule has 0 aromatic heterocycles. The van der Waals surface area contributed by atoms with Gasteiger partial charge in [0, 0.05) is 17.8 Å². The third-order valence-electron chi connectivity index (χ3n) is 5.99. The van der Waals surface area contributed by atoms with Gasteiger partial charge in [-0.3, -0.25) is 0 Å². The number of carboxylic acid groups (broad SMARTS) is 1. The Morgan fingerprint density at radius 1 is 1.00 bits per heavy atom. The maximum absolute atomic E-state index is 12.6. The molecule has 2 bridgehead atoms. The summed E-state index contributed by atoms with van der Waals surface area (Å²) in [5.41, 5.74) is 0.0152. The molecule has 2 fully saturated rings. The van der Waals surface area contributed by atoms with Crippen molar-refractivity contribution in [3.8, 4) is 0 Å². The monoisotopic (exact) mass is 354 g/mol. The normalized spacial score (nSPS) is 35.2. The van der Waals surface area contributed by atoms with Crippen LogP contribution in [0.25, 0.3) is 0 Å². The first-order valence-corrected chi connectivity index (χ1v) is 8.80. The molecule has 3 aliphatic carbocycles. The summed E-state index contributed by atoms with van der Waals surface area (Å²) in [4.78, 5) is 24.0. The molecule has 134 valence electrons. The minimum absolute atomic E-state index is 0.0301. The van der Waals surface area contributed by atoms with Crippen molar-refractivity contribution in [2.24, 2.45) is 23.7 Å². The van der Waals surface area contributed by atoms with Crippen LogP contribution >= 0.6 is 0 Å². The molecule has 0 radical (unpaired) electrons. The van der Waals surface area contributed by atoms with Gasteiger partial charge < -0.3 is 19.3 Å². The molecule has 26 heavy (non-hydrogen) atoms. The van der Waals surface area contributed by atoms with Crippen LogP contribution < -0.4 is 0 Å². The second kappa shape index (κ2) is 5.53. The van der Waals surface area contributed by atoms with Crippen molar-refractivity contribution in [1.29, 1.82) is 0 Å². The number of esters is 1. The molecule has 1 spiro atoms. The highest BCUT2D eigenvalue weighted by atomic mass is 16.7. The summed E-state index contributed by atoms with van der Waals surface area (Å²) in [7, 11) is 0. The Balaban J connectivity index is 1.40. The molecular formula is C20H18O6. The zero-order valence-corrected chi connectivity index (χ0v) is 13.9. The minimum Gasteiger partial charge on any atom is -0.478 e. The fourth-order valence-corrected chi connectivity index (χ4v) is 5.02. The van der Waals surface area contributed by atoms with Gasteiger partial charge in [-0.05, 0) is 24.1 Å². The van der Waals surface area contributed by atoms with Crippen molar-refractivity contribution in [1.82, 2.24) is 0 Å². The topological polar surface area (TPSA) is 82.1 Å². The quantitative estimate of drug-likeness (QED) is 0.662. The van der Waals surface area contributed by atoms with Gasteiger partial charge in [0.05, 0.1) is 24.3 Å². The van der Waals surface area contributed by atoms with Crippen LogP contribution in [0.5, 0.6) is 0 Å². The molecule has 5 rings (SSSR count). The molecule has 1 aromatic rings. The second-order valence-electron chi connectivity index (χ2n) is 7.12. The first-order chi connectivity index (χ1) is 12.6. The third-order valence-corrected chi connectivity index (χ3v) is 5.99. The molecule has 0 unspecified atom stereocenters. The molecule has 1 aliphatic heterocycles. The van der Waals surface area contributed by atoms with Crippen LogP contribution in [0.3, 0.4) is 0 Å². The van der Waals surface area contributed by atoms with E-state index in [0.29, 0.717) is 13.2 Å². The molecule has 1 heterocycles. The molecule has 1 saturated heterocycles. The van der Waals surface area contributed by atoms with E-state index in [1.165, 1.54) is 12.1 Å². The molecule has 6 nitrogen and oxygen atoms in total. The van der Waals surface area contributed by atoms with E-state index in [-0.39, 0.29) is 34.8 Å². The minimum atomic E-state index is -1.15. The maximum Gasteiger partial charge on any atom is 0.339 e. The number of carbonyl (C=O) groups is 2. The number of benzene rings is 1. The number of ether oxygens (including phenoxy) is 3. The zero-order chi connectivity index (χ0) is 17.9. The molecule has 6 heteroatoms. The van der Waals surface area contributed by atoms with E-state index < -0.39 is 23.8 Å². The number of hydrogen-bond donors (Lipinski definition) is 1. The van der Waals surface area contributed by atoms with Crippen molar-refractivity contribution in [3.63, 3.8) is 0 Å². The summed E-state index contributed by atoms with van der Waals surface area (Å²) in [6.45, 7) is 1.16. The average Bonchev–Trinajstić information content (AvgIpc) is 3.40. The van der Waals surface area contributed by atoms with Crippen molar-refractivity contribution in [2.75, 3.05) is 13.2 Å². The first kappa shape index (κ1) is 15.8. The van der Waals surface area contributed by atoms with Crippen molar-refractivity contribution >= 4 is 11.9 Å². The lowest BCUT2D eigenvalue weighted by molar-refractivity contribution is -0.189. The molecule has 1 saturated carbocycles. The van der Waals surface area contributed by atoms with E-state index in [9.17, 15) is 14.7 Å². The Labute approximate surface area is 150 Å². The fraction of sp³-hybridized carbons (Fsp3) is 0.400. The maximum atomic E-state index is 12.6. The Morgan fingerprint density at radius 3 is 2.42 bits per heavy atom. The second-order valence-corrected chi connectivity index (χ2v) is 7.12. The highest BCUT2D eigenvalue weighted by Crippen LogP contribution is 2.61. The first-order valence-electron chi connectivity index (χ1n) is 8.80. The Kier molecular flexibility index (Phi) is 3.36. The molecule has 4 aliphatic rings. The number of hydrogen-bond acceptors (Lipinski definition) is 5. The van der Waals surface area contributed by atoms with Gasteiger partial charge >= 0.3 is 11.9 Å². The smallest absolute Gasteiger partial charge is 0.339 e. The van der Waals surface area contributed by atoms with Gasteiger partial charge in [-0.15, -0.1) is 0 Å². The third kappa shape index (κ3) is 2.00. The van der Waals surface area contributed by atoms with E-state index in [1.807, 2.05) is 6.08 Å². The van der Waals surface area contributed by atoms with E-state index in [2.05, 4.69) is 18.2 Å². The molecule has 0 amide bonds. The lowest BCUT2D eigenvalue weighted by Crippen LogP contribution is -2.39. The van der Waals surface area contributed by atoms with Gasteiger partial charge in [0.15, 0.2) is 5.79 Å². The molecular weight excluding hydrogens is 336 g/mol. The Hall–Kier alpha value is -2.44. The summed E-state index contributed by atoms with van der Waals surface area (Å²) in [6, 6.07) is 6.10. The van der Waals surface area contributed by atoms with Crippen LogP contribution in [0.4, 0.5) is 0 Å². The van der Waals surface area contributed by atoms with Crippen LogP contribution in [0, 0.1) is 23.7 Å². The molecule has 1 aromatic carbocycles. The highest BCUT2D eigenvalue weighted by Gasteiger charge is 2.67. The van der Waals surface area contributed by atoms with E-state index in [1.54, 1.807) is 12.1 Å². The van der Waals surface area contributed by atoms with E-state index >= 15 is 0 Å². The lowest BCUT2D eigenvalue weighted by Gasteiger charge is -2.30. The molecule has 5 atom stereocenters. The summed E-state index contributed by atoms with van der Waals surface area (Å²) in [5, 5.41) is 9.29. The van der Waals surface area contributed by atoms with E-state index in [0.717, 1.165) is 0 Å². The van der Waals surface area contributed by atoms with Crippen molar-refractivity contribution < 1.29 is 28.9 Å². The van der Waals surface area contributed by atoms with Gasteiger partial charge in [-0.1, -0.05) is 30.4 Å². The Morgan fingerprint density at radius 2 is 1.69 bits per heavy atom. The van der Waals surface area contributed by atoms with Crippen LogP contribution in [0.1, 0.15) is 20.7 Å². The Bertz CT molecular complexity index is 834. The number of aromatic carboxylic acids is 1. The average molecular weight is 354 g/mol. The number of carbonyl (C=O) groups excluding carboxylic acids is 1. The van der Waals surface area contributed by atoms with Crippen LogP contribution in [-0.4, -0.2) is 42.1 Å². The largest absolute Gasteiger partial charge is 0.478 e. The zero-order valence-electron chi connectivity index (χ0n) is 13.9. The van der Waals surface area contributed by atoms with Gasteiger partial charge in [0.1, 0.15) is 6.10 Å². The number of rotatable bonds is 3. The predicted octanol–water partition coefficient (Wildman–Crippen LogP) is 2.27.